The second-order valence-electron chi connectivity index (χ2n) is 13.8. The first kappa shape index (κ1) is 37.7. The van der Waals surface area contributed by atoms with Gasteiger partial charge in [-0.25, -0.2) is 4.79 Å². The molecule has 6 nitrogen and oxygen atoms in total. The van der Waals surface area contributed by atoms with Gasteiger partial charge in [-0.15, -0.1) is 0 Å². The highest BCUT2D eigenvalue weighted by Crippen LogP contribution is 2.38. The minimum Gasteiger partial charge on any atom is -0.463 e. The van der Waals surface area contributed by atoms with E-state index in [1.165, 1.54) is 69.9 Å². The number of aliphatic hydroxyl groups excluding tert-OH is 1. The molecule has 0 spiro atoms. The maximum atomic E-state index is 12.6. The van der Waals surface area contributed by atoms with Crippen molar-refractivity contribution in [3.05, 3.63) is 72.8 Å². The van der Waals surface area contributed by atoms with Gasteiger partial charge in [0, 0.05) is 18.9 Å². The fourth-order valence-corrected chi connectivity index (χ4v) is 11.1. The maximum Gasteiger partial charge on any atom is 0.330 e. The van der Waals surface area contributed by atoms with Crippen LogP contribution in [0.1, 0.15) is 118 Å². The van der Waals surface area contributed by atoms with Crippen LogP contribution in [0.5, 0.6) is 0 Å². The van der Waals surface area contributed by atoms with Crippen LogP contribution in [-0.4, -0.2) is 50.3 Å². The SMILES string of the molecule is CCCCCCCCCCCCCCOC(=O)/C=C/[C@@]1([C@H](O)CO[Si](c2ccccc2)(c2ccccc2)C(C)(C)C)CCC(=O)O1. The molecular weight excluding hydrogens is 593 g/mol. The summed E-state index contributed by atoms with van der Waals surface area (Å²) in [4.78, 5) is 24.9. The van der Waals surface area contributed by atoms with Crippen molar-refractivity contribution in [2.45, 2.75) is 134 Å². The van der Waals surface area contributed by atoms with Gasteiger partial charge in [0.15, 0.2) is 5.60 Å². The molecule has 0 bridgehead atoms. The number of aliphatic hydroxyl groups is 1. The summed E-state index contributed by atoms with van der Waals surface area (Å²) in [6.45, 7) is 9.06. The van der Waals surface area contributed by atoms with Gasteiger partial charge < -0.3 is 19.0 Å². The van der Waals surface area contributed by atoms with E-state index in [9.17, 15) is 14.7 Å². The van der Waals surface area contributed by atoms with E-state index in [4.69, 9.17) is 13.9 Å². The topological polar surface area (TPSA) is 82.1 Å². The Morgan fingerprint density at radius 2 is 1.37 bits per heavy atom. The van der Waals surface area contributed by atoms with Crippen LogP contribution in [-0.2, 0) is 23.5 Å². The van der Waals surface area contributed by atoms with Gasteiger partial charge in [0.05, 0.1) is 13.2 Å². The van der Waals surface area contributed by atoms with Gasteiger partial charge in [0.25, 0.3) is 8.32 Å². The summed E-state index contributed by atoms with van der Waals surface area (Å²) in [5.74, 6) is -0.899. The summed E-state index contributed by atoms with van der Waals surface area (Å²) >= 11 is 0. The summed E-state index contributed by atoms with van der Waals surface area (Å²) in [5.41, 5.74) is -1.35. The van der Waals surface area contributed by atoms with Gasteiger partial charge in [-0.05, 0) is 27.9 Å². The normalized spacial score (nSPS) is 17.7. The fraction of sp³-hybridized carbons (Fsp3) is 0.590. The zero-order valence-corrected chi connectivity index (χ0v) is 29.8. The molecule has 7 heteroatoms. The summed E-state index contributed by atoms with van der Waals surface area (Å²) in [6, 6.07) is 20.4. The van der Waals surface area contributed by atoms with E-state index in [1.54, 1.807) is 0 Å². The molecule has 2 aromatic carbocycles. The second kappa shape index (κ2) is 19.2. The van der Waals surface area contributed by atoms with Crippen molar-refractivity contribution in [2.75, 3.05) is 13.2 Å². The van der Waals surface area contributed by atoms with Crippen LogP contribution >= 0.6 is 0 Å². The highest BCUT2D eigenvalue weighted by molar-refractivity contribution is 6.99. The summed E-state index contributed by atoms with van der Waals surface area (Å²) < 4.78 is 18.1. The second-order valence-corrected chi connectivity index (χ2v) is 18.1. The number of rotatable bonds is 21. The largest absolute Gasteiger partial charge is 0.463 e. The van der Waals surface area contributed by atoms with E-state index in [0.717, 1.165) is 29.6 Å². The molecule has 254 valence electrons. The summed E-state index contributed by atoms with van der Waals surface area (Å²) in [5, 5.41) is 13.5. The van der Waals surface area contributed by atoms with Crippen LogP contribution in [0.4, 0.5) is 0 Å². The third kappa shape index (κ3) is 10.9. The molecule has 1 heterocycles. The first-order chi connectivity index (χ1) is 22.1. The Kier molecular flexibility index (Phi) is 15.7. The zero-order chi connectivity index (χ0) is 33.3. The van der Waals surface area contributed by atoms with Gasteiger partial charge in [-0.3, -0.25) is 4.79 Å². The molecule has 1 aliphatic rings. The predicted molar refractivity (Wildman–Crippen MR) is 189 cm³/mol. The van der Waals surface area contributed by atoms with Crippen LogP contribution in [0.15, 0.2) is 72.8 Å². The first-order valence-electron chi connectivity index (χ1n) is 17.7. The molecule has 46 heavy (non-hydrogen) atoms. The Morgan fingerprint density at radius 3 is 1.83 bits per heavy atom. The predicted octanol–water partition coefficient (Wildman–Crippen LogP) is 7.80. The van der Waals surface area contributed by atoms with Crippen molar-refractivity contribution in [1.29, 1.82) is 0 Å². The molecule has 2 aromatic rings. The number of cyclic esters (lactones) is 1. The monoisotopic (exact) mass is 650 g/mol. The van der Waals surface area contributed by atoms with E-state index in [2.05, 4.69) is 52.0 Å². The number of carbonyl (C=O) groups excluding carboxylic acids is 2. The van der Waals surface area contributed by atoms with E-state index in [-0.39, 0.29) is 24.5 Å². The van der Waals surface area contributed by atoms with Crippen LogP contribution in [0, 0.1) is 0 Å². The summed E-state index contributed by atoms with van der Waals surface area (Å²) in [7, 11) is -2.92. The number of hydrogen-bond acceptors (Lipinski definition) is 6. The van der Waals surface area contributed by atoms with Gasteiger partial charge in [0.1, 0.15) is 6.10 Å². The number of ether oxygens (including phenoxy) is 2. The molecule has 0 unspecified atom stereocenters. The molecule has 1 saturated heterocycles. The molecule has 2 atom stereocenters. The molecule has 0 aliphatic carbocycles. The number of hydrogen-bond donors (Lipinski definition) is 1. The Hall–Kier alpha value is -2.74. The lowest BCUT2D eigenvalue weighted by Gasteiger charge is -2.44. The van der Waals surface area contributed by atoms with Gasteiger partial charge in [0.2, 0.25) is 0 Å². The quantitative estimate of drug-likeness (QED) is 0.0643. The molecule has 0 saturated carbocycles. The number of carbonyl (C=O) groups is 2. The minimum atomic E-state index is -2.92. The van der Waals surface area contributed by atoms with Crippen molar-refractivity contribution in [3.8, 4) is 0 Å². The molecule has 1 aliphatic heterocycles. The van der Waals surface area contributed by atoms with Crippen LogP contribution in [0.25, 0.3) is 0 Å². The molecular formula is C39H58O6Si. The molecule has 0 radical (unpaired) electrons. The Morgan fingerprint density at radius 1 is 0.870 bits per heavy atom. The number of esters is 2. The third-order valence-electron chi connectivity index (χ3n) is 9.21. The standard InChI is InChI=1S/C39H58O6Si/c1-5-6-7-8-9-10-11-12-13-14-15-22-31-43-36(41)27-29-39(30-28-37(42)45-39)35(40)32-44-46(38(2,3)4,33-23-18-16-19-24-33)34-25-20-17-21-26-34/h16-21,23-27,29,35,40H,5-15,22,28,30-32H2,1-4H3/b29-27+/t35-,39+/m1/s1. The zero-order valence-electron chi connectivity index (χ0n) is 28.8. The Balaban J connectivity index is 1.55. The van der Waals surface area contributed by atoms with Crippen molar-refractivity contribution in [1.82, 2.24) is 0 Å². The van der Waals surface area contributed by atoms with Gasteiger partial charge in [-0.2, -0.15) is 0 Å². The maximum absolute atomic E-state index is 12.6. The van der Waals surface area contributed by atoms with Crippen molar-refractivity contribution in [3.63, 3.8) is 0 Å². The highest BCUT2D eigenvalue weighted by Gasteiger charge is 2.52. The fourth-order valence-electron chi connectivity index (χ4n) is 6.55. The lowest BCUT2D eigenvalue weighted by atomic mass is 9.93. The average Bonchev–Trinajstić information content (AvgIpc) is 3.44. The van der Waals surface area contributed by atoms with E-state index < -0.39 is 32.0 Å². The van der Waals surface area contributed by atoms with Crippen LogP contribution in [0.3, 0.4) is 0 Å². The Labute approximate surface area is 279 Å². The highest BCUT2D eigenvalue weighted by atomic mass is 28.4. The van der Waals surface area contributed by atoms with E-state index >= 15 is 0 Å². The van der Waals surface area contributed by atoms with Gasteiger partial charge >= 0.3 is 11.9 Å². The molecule has 1 fully saturated rings. The Bertz CT molecular complexity index is 1150. The van der Waals surface area contributed by atoms with Crippen molar-refractivity contribution >= 4 is 30.6 Å². The molecule has 0 aromatic heterocycles. The number of unbranched alkanes of at least 4 members (excludes halogenated alkanes) is 11. The smallest absolute Gasteiger partial charge is 0.330 e. The summed E-state index contributed by atoms with van der Waals surface area (Å²) in [6.07, 6.45) is 17.0. The molecule has 0 amide bonds. The van der Waals surface area contributed by atoms with Gasteiger partial charge in [-0.1, -0.05) is 159 Å². The number of benzene rings is 2. The van der Waals surface area contributed by atoms with Crippen molar-refractivity contribution in [2.24, 2.45) is 0 Å². The lowest BCUT2D eigenvalue weighted by Crippen LogP contribution is -2.67. The van der Waals surface area contributed by atoms with Crippen LogP contribution < -0.4 is 10.4 Å². The molecule has 3 rings (SSSR count). The average molecular weight is 651 g/mol. The lowest BCUT2D eigenvalue weighted by molar-refractivity contribution is -0.154. The third-order valence-corrected chi connectivity index (χ3v) is 14.2. The molecule has 1 N–H and O–H groups in total. The first-order valence-corrected chi connectivity index (χ1v) is 19.6. The van der Waals surface area contributed by atoms with Crippen LogP contribution in [0.2, 0.25) is 5.04 Å². The van der Waals surface area contributed by atoms with E-state index in [0.29, 0.717) is 6.61 Å². The van der Waals surface area contributed by atoms with Crippen molar-refractivity contribution < 1.29 is 28.6 Å². The van der Waals surface area contributed by atoms with E-state index in [1.807, 2.05) is 36.4 Å². The minimum absolute atomic E-state index is 0.0567.